The number of carbonyl (C=O) groups excluding carboxylic acids is 6. The van der Waals surface area contributed by atoms with Crippen LogP contribution in [0.4, 0.5) is 19.9 Å². The third-order valence-corrected chi connectivity index (χ3v) is 32.5. The van der Waals surface area contributed by atoms with Crippen molar-refractivity contribution in [1.29, 1.82) is 0 Å². The lowest BCUT2D eigenvalue weighted by atomic mass is 9.84. The summed E-state index contributed by atoms with van der Waals surface area (Å²) in [6, 6.07) is 15.6. The summed E-state index contributed by atoms with van der Waals surface area (Å²) < 4.78 is 81.2. The van der Waals surface area contributed by atoms with E-state index in [1.807, 2.05) is 95.7 Å². The Bertz CT molecular complexity index is 5910. The number of methoxy groups -OCH3 is 2. The van der Waals surface area contributed by atoms with Crippen LogP contribution in [-0.2, 0) is 48.8 Å². The minimum absolute atomic E-state index is 0.0182. The predicted molar refractivity (Wildman–Crippen MR) is 516 cm³/mol. The van der Waals surface area contributed by atoms with Gasteiger partial charge in [0.05, 0.1) is 49.7 Å². The number of thiophene rings is 1. The molecule has 2 saturated heterocycles. The molecule has 0 bridgehead atoms. The van der Waals surface area contributed by atoms with Crippen LogP contribution in [-0.4, -0.2) is 244 Å². The molecule has 4 aliphatic heterocycles. The van der Waals surface area contributed by atoms with Crippen LogP contribution in [0.15, 0.2) is 135 Å². The average Bonchev–Trinajstić information content (AvgIpc) is 1.58. The highest BCUT2D eigenvalue weighted by Gasteiger charge is 2.63. The smallest absolute Gasteiger partial charge is 0.330 e. The van der Waals surface area contributed by atoms with Gasteiger partial charge >= 0.3 is 24.0 Å². The number of carbonyl (C=O) groups is 8. The van der Waals surface area contributed by atoms with Crippen LogP contribution in [0.1, 0.15) is 170 Å². The highest BCUT2D eigenvalue weighted by Crippen LogP contribution is 2.48. The van der Waals surface area contributed by atoms with Gasteiger partial charge < -0.3 is 81.5 Å². The number of fused-ring (bicyclic) bond motifs is 6. The molecule has 2 unspecified atom stereocenters. The maximum absolute atomic E-state index is 15.1. The molecule has 15 rings (SSSR count). The van der Waals surface area contributed by atoms with Gasteiger partial charge in [0.25, 0.3) is 20.0 Å². The van der Waals surface area contributed by atoms with Crippen LogP contribution >= 0.6 is 34.0 Å². The van der Waals surface area contributed by atoms with Crippen LogP contribution in [0.5, 0.6) is 23.0 Å². The maximum Gasteiger partial charge on any atom is 0.330 e. The molecule has 0 radical (unpaired) electrons. The normalized spacial score (nSPS) is 24.2. The minimum Gasteiger partial charge on any atom is -0.497 e. The second-order valence-electron chi connectivity index (χ2n) is 37.6. The fourth-order valence-electron chi connectivity index (χ4n) is 18.2. The van der Waals surface area contributed by atoms with Crippen LogP contribution in [0, 0.1) is 23.2 Å². The Kier molecular flexibility index (Phi) is 31.8. The van der Waals surface area contributed by atoms with Crippen molar-refractivity contribution in [2.75, 3.05) is 65.1 Å². The largest absolute Gasteiger partial charge is 0.497 e. The molecule has 3 saturated carbocycles. The number of allylic oxidation sites excluding steroid dienone is 2. The highest BCUT2D eigenvalue weighted by molar-refractivity contribution is 7.91. The van der Waals surface area contributed by atoms with E-state index in [0.29, 0.717) is 93.3 Å². The zero-order chi connectivity index (χ0) is 96.4. The van der Waals surface area contributed by atoms with E-state index in [-0.39, 0.29) is 91.9 Å². The van der Waals surface area contributed by atoms with E-state index in [2.05, 4.69) is 47.5 Å². The molecule has 40 heteroatoms. The Morgan fingerprint density at radius 2 is 1.04 bits per heavy atom. The van der Waals surface area contributed by atoms with Gasteiger partial charge in [-0.3, -0.25) is 19.2 Å². The van der Waals surface area contributed by atoms with Crippen molar-refractivity contribution in [2.24, 2.45) is 23.2 Å². The number of urea groups is 2. The Morgan fingerprint density at radius 1 is 0.570 bits per heavy atom. The molecular formula is C95H123N17O18S5. The number of aromatic nitrogens is 5. The van der Waals surface area contributed by atoms with Crippen LogP contribution in [0.2, 0.25) is 0 Å². The first-order chi connectivity index (χ1) is 64.4. The van der Waals surface area contributed by atoms with E-state index < -0.39 is 144 Å². The zero-order valence-electron chi connectivity index (χ0n) is 77.9. The first-order valence-corrected chi connectivity index (χ1v) is 51.8. The van der Waals surface area contributed by atoms with Crippen LogP contribution in [0.25, 0.3) is 44.6 Å². The van der Waals surface area contributed by atoms with E-state index in [4.69, 9.17) is 38.9 Å². The molecule has 8 aromatic rings. The lowest BCUT2D eigenvalue weighted by Crippen LogP contribution is -2.59. The number of sulfonamides is 2. The third kappa shape index (κ3) is 23.9. The number of amides is 8. The number of likely N-dealkylation sites (N-methyl/N-ethyl adjacent to an activating group) is 2. The Morgan fingerprint density at radius 3 is 1.49 bits per heavy atom. The molecule has 8 amide bonds. The molecule has 6 aromatic heterocycles. The second kappa shape index (κ2) is 43.0. The van der Waals surface area contributed by atoms with Gasteiger partial charge in [0.2, 0.25) is 23.6 Å². The monoisotopic (exact) mass is 1950 g/mol. The van der Waals surface area contributed by atoms with Gasteiger partial charge in [-0.25, -0.2) is 60.9 Å². The maximum atomic E-state index is 15.1. The number of carboxylic acids is 2. The molecule has 3 aliphatic carbocycles. The quantitative estimate of drug-likeness (QED) is 0.0214. The molecule has 5 fully saturated rings. The van der Waals surface area contributed by atoms with Gasteiger partial charge in [0.1, 0.15) is 86.0 Å². The van der Waals surface area contributed by atoms with Crippen LogP contribution in [0.3, 0.4) is 0 Å². The summed E-state index contributed by atoms with van der Waals surface area (Å²) in [5.41, 5.74) is -0.197. The summed E-state index contributed by atoms with van der Waals surface area (Å²) in [6.07, 6.45) is 18.7. The summed E-state index contributed by atoms with van der Waals surface area (Å²) in [5.74, 6) is -3.35. The number of benzene rings is 2. The van der Waals surface area contributed by atoms with Gasteiger partial charge in [0.15, 0.2) is 15.3 Å². The molecule has 2 aromatic carbocycles. The molecule has 35 nitrogen and oxygen atoms in total. The van der Waals surface area contributed by atoms with Crippen molar-refractivity contribution in [3.05, 3.63) is 126 Å². The third-order valence-electron chi connectivity index (χ3n) is 26.0. The number of pyridine rings is 3. The number of thiazole rings is 2. The number of hydrogen-bond donors (Lipinski definition) is 10. The van der Waals surface area contributed by atoms with E-state index in [0.717, 1.165) is 83.7 Å². The second-order valence-corrected chi connectivity index (χ2v) is 44.6. The summed E-state index contributed by atoms with van der Waals surface area (Å²) in [5, 5.41) is 53.2. The van der Waals surface area contributed by atoms with Gasteiger partial charge in [-0.15, -0.1) is 34.0 Å². The molecule has 726 valence electrons. The van der Waals surface area contributed by atoms with E-state index in [1.54, 1.807) is 80.3 Å². The summed E-state index contributed by atoms with van der Waals surface area (Å²) in [7, 11) is -1.74. The lowest BCUT2D eigenvalue weighted by molar-refractivity contribution is -0.146. The molecule has 12 atom stereocenters. The van der Waals surface area contributed by atoms with Crippen molar-refractivity contribution in [3.8, 4) is 45.8 Å². The molecule has 10 N–H and O–H groups in total. The molecule has 135 heavy (non-hydrogen) atoms. The fraction of sp³-hybridized carbons (Fsp3) is 0.526. The number of aliphatic carboxylic acids is 2. The molecule has 0 spiro atoms. The minimum atomic E-state index is -4.00. The number of ether oxygens (including phenoxy) is 4. The average molecular weight is 1950 g/mol. The van der Waals surface area contributed by atoms with Crippen molar-refractivity contribution in [3.63, 3.8) is 0 Å². The Balaban J connectivity index is 0.000000216. The van der Waals surface area contributed by atoms with Gasteiger partial charge in [0, 0.05) is 128 Å². The molecule has 10 heterocycles. The molecular weight excluding hydrogens is 1830 g/mol. The van der Waals surface area contributed by atoms with E-state index in [9.17, 15) is 60.6 Å². The van der Waals surface area contributed by atoms with Gasteiger partial charge in [-0.05, 0) is 151 Å². The predicted octanol–water partition coefficient (Wildman–Crippen LogP) is 12.8. The number of anilines is 2. The van der Waals surface area contributed by atoms with Crippen molar-refractivity contribution in [2.45, 2.75) is 251 Å². The number of hydrogen-bond acceptors (Lipinski definition) is 26. The summed E-state index contributed by atoms with van der Waals surface area (Å²) in [4.78, 5) is 139. The van der Waals surface area contributed by atoms with E-state index in [1.165, 1.54) is 63.1 Å². The Labute approximate surface area is 799 Å². The van der Waals surface area contributed by atoms with Crippen LogP contribution < -0.4 is 61.5 Å². The van der Waals surface area contributed by atoms with Crippen molar-refractivity contribution < 1.29 is 84.4 Å². The number of nitrogens with one attached hydrogen (secondary N) is 8. The fourth-order valence-corrected chi connectivity index (χ4v) is 23.4. The van der Waals surface area contributed by atoms with Gasteiger partial charge in [-0.2, -0.15) is 8.61 Å². The lowest BCUT2D eigenvalue weighted by Gasteiger charge is -2.35. The first kappa shape index (κ1) is 99.8. The van der Waals surface area contributed by atoms with Crippen molar-refractivity contribution in [1.82, 2.24) is 75.2 Å². The topological polar surface area (TPSA) is 456 Å². The SMILES string of the molecule is COc1ccc2c(O[C@@H]3C[C@H]4C(=O)N[C@]5(C(=O)O)CC5/C=C\CCCCC[C@H](NC(=O)N[C@H](CN(C)S(=O)(=O)c5ccccn5)C(C)(C)C)C(=O)N4C3)cc(-c3csc(NC(C)C)n3)nc2c1.COc1ccc2c(O[C@@H]3C[C@H]4C(=O)N[C@]5(C(=O)O)CC5/C=C\CCCCC[C@H](NC(=O)N[C@H](CN(C)S(=O)(=O)c5cccs5)C5CCCCC5)C(=O)N4C3)cc(-c3csc(NC(C)C)n3)nc2c1. The first-order valence-electron chi connectivity index (χ1n) is 46.3. The summed E-state index contributed by atoms with van der Waals surface area (Å²) >= 11 is 4.03. The highest BCUT2D eigenvalue weighted by atomic mass is 32.2. The standard InChI is InChI=1S/C48H62N8O9S3.C47H61N9O9S2/c1-29(2)49-47-53-39(28-67-47)37-24-41(34-20-19-32(64-4)22-36(34)50-37)65-33-23-40-43(57)54-48(45(59)60)25-31(48)16-11-6-5-7-12-17-35(44(58)56(40)26-33)51-46(61)52-38(30-14-9-8-10-15-30)27-55(3)68(62,63)42-18-13-21-66-42;1-28(2)49-45-52-36(27-66-45)35-23-38(32-19-18-30(64-7)21-34(32)50-35)65-31-22-37-41(57)54-47(43(59)60)24-29(47)15-11-9-8-10-12-16-33(42(58)56(37)25-31)51-44(61)53-39(46(3,4)5)26-55(6)67(62,63)40-17-13-14-20-48-40/h11,13,16,18-22,24,28-31,33,35,38,40H,5-10,12,14-15,17,23,25-27H2,1-4H3,(H,49,53)(H,54,57)(H,59,60)(H2,51,52,61);11,13-15,17-21,23,27-29,31,33,37,39H,8-10,12,16,22,24-26H2,1-7H3,(H,49,52)(H,54,57)(H,59,60)(H2,51,53,61)/b16-11-;15-11-/t31?,33-,35+,38-,40+,48-;29?,31-,33+,37+,39-,47-/m11/s1. The summed E-state index contributed by atoms with van der Waals surface area (Å²) in [6.45, 7) is 13.6. The Hall–Kier alpha value is -11.2. The number of nitrogens with zero attached hydrogens (tertiary/aromatic N) is 9. The van der Waals surface area contributed by atoms with Crippen molar-refractivity contribution >= 4 is 134 Å². The number of rotatable bonds is 27. The van der Waals surface area contributed by atoms with E-state index >= 15 is 4.79 Å². The molecule has 7 aliphatic rings. The number of carboxylic acid groups (broad SMARTS) is 2. The van der Waals surface area contributed by atoms with Gasteiger partial charge in [-0.1, -0.05) is 102 Å². The zero-order valence-corrected chi connectivity index (χ0v) is 82.0.